The number of rotatable bonds is 8. The Morgan fingerprint density at radius 1 is 1.17 bits per heavy atom. The molecular formula is C21H30IN7O. The molecule has 0 saturated carbocycles. The molecule has 0 bridgehead atoms. The first-order valence-electron chi connectivity index (χ1n) is 9.81. The average Bonchev–Trinajstić information content (AvgIpc) is 3.16. The van der Waals surface area contributed by atoms with E-state index in [0.717, 1.165) is 28.8 Å². The second-order valence-electron chi connectivity index (χ2n) is 7.11. The van der Waals surface area contributed by atoms with Crippen molar-refractivity contribution in [2.75, 3.05) is 31.5 Å². The average molecular weight is 523 g/mol. The minimum atomic E-state index is -1.08. The molecule has 2 heterocycles. The SMILES string of the molecule is CCNC(=NCC(C)(O)c1cnn(C)c1)NCCNc1ccc2ccccc2n1.I. The minimum Gasteiger partial charge on any atom is -0.383 e. The van der Waals surface area contributed by atoms with Crippen LogP contribution in [0.25, 0.3) is 10.9 Å². The molecule has 0 aliphatic rings. The fourth-order valence-electron chi connectivity index (χ4n) is 2.90. The van der Waals surface area contributed by atoms with Gasteiger partial charge in [0.15, 0.2) is 5.96 Å². The zero-order valence-corrected chi connectivity index (χ0v) is 19.9. The van der Waals surface area contributed by atoms with Crippen molar-refractivity contribution in [3.05, 3.63) is 54.4 Å². The maximum atomic E-state index is 10.7. The summed E-state index contributed by atoms with van der Waals surface area (Å²) in [6, 6.07) is 12.1. The third-order valence-corrected chi connectivity index (χ3v) is 4.54. The van der Waals surface area contributed by atoms with Crippen LogP contribution in [0, 0.1) is 0 Å². The molecule has 0 aliphatic heterocycles. The predicted molar refractivity (Wildman–Crippen MR) is 132 cm³/mol. The van der Waals surface area contributed by atoms with E-state index < -0.39 is 5.60 Å². The lowest BCUT2D eigenvalue weighted by molar-refractivity contribution is 0.0672. The highest BCUT2D eigenvalue weighted by Gasteiger charge is 2.24. The highest BCUT2D eigenvalue weighted by molar-refractivity contribution is 14.0. The Bertz CT molecular complexity index is 971. The van der Waals surface area contributed by atoms with E-state index >= 15 is 0 Å². The van der Waals surface area contributed by atoms with Gasteiger partial charge in [-0.1, -0.05) is 18.2 Å². The van der Waals surface area contributed by atoms with E-state index in [4.69, 9.17) is 0 Å². The molecular weight excluding hydrogens is 493 g/mol. The van der Waals surface area contributed by atoms with Crippen LogP contribution in [0.4, 0.5) is 5.82 Å². The lowest BCUT2D eigenvalue weighted by Crippen LogP contribution is -2.40. The zero-order valence-electron chi connectivity index (χ0n) is 17.6. The van der Waals surface area contributed by atoms with Crippen molar-refractivity contribution in [2.24, 2.45) is 12.0 Å². The normalized spacial score (nSPS) is 13.4. The Balaban J connectivity index is 0.00000320. The molecule has 1 unspecified atom stereocenters. The summed E-state index contributed by atoms with van der Waals surface area (Å²) in [6.45, 7) is 6.07. The van der Waals surface area contributed by atoms with Crippen LogP contribution in [0.3, 0.4) is 0 Å². The van der Waals surface area contributed by atoms with Crippen LogP contribution < -0.4 is 16.0 Å². The van der Waals surface area contributed by atoms with Crippen molar-refractivity contribution < 1.29 is 5.11 Å². The number of aliphatic hydroxyl groups is 1. The van der Waals surface area contributed by atoms with Gasteiger partial charge in [-0.2, -0.15) is 5.10 Å². The monoisotopic (exact) mass is 523 g/mol. The fraction of sp³-hybridized carbons (Fsp3) is 0.381. The molecule has 162 valence electrons. The van der Waals surface area contributed by atoms with Gasteiger partial charge in [-0.3, -0.25) is 4.68 Å². The number of aliphatic imine (C=N–C) groups is 1. The molecule has 0 amide bonds. The summed E-state index contributed by atoms with van der Waals surface area (Å²) in [5.74, 6) is 1.50. The lowest BCUT2D eigenvalue weighted by Gasteiger charge is -2.20. The fourth-order valence-corrected chi connectivity index (χ4v) is 2.90. The topological polar surface area (TPSA) is 99.4 Å². The first-order chi connectivity index (χ1) is 14.0. The van der Waals surface area contributed by atoms with Gasteiger partial charge < -0.3 is 21.1 Å². The van der Waals surface area contributed by atoms with Gasteiger partial charge in [-0.25, -0.2) is 9.98 Å². The molecule has 0 aliphatic carbocycles. The van der Waals surface area contributed by atoms with Crippen LogP contribution in [0.5, 0.6) is 0 Å². The highest BCUT2D eigenvalue weighted by Crippen LogP contribution is 2.19. The van der Waals surface area contributed by atoms with Gasteiger partial charge in [0.25, 0.3) is 0 Å². The number of benzene rings is 1. The van der Waals surface area contributed by atoms with Crippen molar-refractivity contribution in [3.63, 3.8) is 0 Å². The molecule has 30 heavy (non-hydrogen) atoms. The van der Waals surface area contributed by atoms with Crippen LogP contribution >= 0.6 is 24.0 Å². The third kappa shape index (κ3) is 6.56. The second-order valence-corrected chi connectivity index (χ2v) is 7.11. The number of guanidine groups is 1. The number of pyridine rings is 1. The number of aryl methyl sites for hydroxylation is 1. The summed E-state index contributed by atoms with van der Waals surface area (Å²) in [6.07, 6.45) is 3.46. The number of aromatic nitrogens is 3. The van der Waals surface area contributed by atoms with E-state index in [0.29, 0.717) is 19.0 Å². The largest absolute Gasteiger partial charge is 0.383 e. The van der Waals surface area contributed by atoms with Gasteiger partial charge in [-0.15, -0.1) is 24.0 Å². The first-order valence-corrected chi connectivity index (χ1v) is 9.81. The number of para-hydroxylation sites is 1. The van der Waals surface area contributed by atoms with E-state index in [-0.39, 0.29) is 30.5 Å². The van der Waals surface area contributed by atoms with Crippen LogP contribution in [-0.4, -0.2) is 52.0 Å². The van der Waals surface area contributed by atoms with Crippen molar-refractivity contribution in [1.82, 2.24) is 25.4 Å². The smallest absolute Gasteiger partial charge is 0.191 e. The Hall–Kier alpha value is -2.40. The molecule has 1 aromatic carbocycles. The third-order valence-electron chi connectivity index (χ3n) is 4.54. The first kappa shape index (κ1) is 23.9. The molecule has 4 N–H and O–H groups in total. The molecule has 9 heteroatoms. The number of halogens is 1. The maximum absolute atomic E-state index is 10.7. The maximum Gasteiger partial charge on any atom is 0.191 e. The summed E-state index contributed by atoms with van der Waals surface area (Å²) in [7, 11) is 1.83. The molecule has 1 atom stereocenters. The standard InChI is InChI=1S/C21H29N7O.HI/c1-4-22-20(25-15-21(2,29)17-13-26-28(3)14-17)24-12-11-23-19-10-9-16-7-5-6-8-18(16)27-19;/h5-10,13-14,29H,4,11-12,15H2,1-3H3,(H,23,27)(H2,22,24,25);1H. The van der Waals surface area contributed by atoms with E-state index in [1.165, 1.54) is 0 Å². The van der Waals surface area contributed by atoms with Gasteiger partial charge in [0, 0.05) is 43.8 Å². The van der Waals surface area contributed by atoms with E-state index in [2.05, 4.69) is 37.1 Å². The zero-order chi connectivity index (χ0) is 20.7. The van der Waals surface area contributed by atoms with E-state index in [1.807, 2.05) is 44.3 Å². The van der Waals surface area contributed by atoms with Gasteiger partial charge in [0.05, 0.1) is 18.3 Å². The van der Waals surface area contributed by atoms with Gasteiger partial charge in [0.2, 0.25) is 0 Å². The Morgan fingerprint density at radius 2 is 1.97 bits per heavy atom. The Kier molecular flexibility index (Phi) is 8.85. The molecule has 2 aromatic heterocycles. The molecule has 8 nitrogen and oxygen atoms in total. The van der Waals surface area contributed by atoms with E-state index in [9.17, 15) is 5.11 Å². The summed E-state index contributed by atoms with van der Waals surface area (Å²) in [5.41, 5.74) is 0.630. The number of anilines is 1. The van der Waals surface area contributed by atoms with Crippen molar-refractivity contribution in [2.45, 2.75) is 19.4 Å². The molecule has 0 saturated heterocycles. The van der Waals surface area contributed by atoms with Gasteiger partial charge >= 0.3 is 0 Å². The molecule has 3 aromatic rings. The van der Waals surface area contributed by atoms with Crippen molar-refractivity contribution in [1.29, 1.82) is 0 Å². The molecule has 3 rings (SSSR count). The molecule has 0 spiro atoms. The quantitative estimate of drug-likeness (QED) is 0.157. The summed E-state index contributed by atoms with van der Waals surface area (Å²) in [5, 5.41) is 25.7. The van der Waals surface area contributed by atoms with Crippen LogP contribution in [0.2, 0.25) is 0 Å². The van der Waals surface area contributed by atoms with Crippen molar-refractivity contribution in [3.8, 4) is 0 Å². The summed E-state index contributed by atoms with van der Waals surface area (Å²) in [4.78, 5) is 9.13. The Labute approximate surface area is 194 Å². The Morgan fingerprint density at radius 3 is 2.70 bits per heavy atom. The summed E-state index contributed by atoms with van der Waals surface area (Å²) >= 11 is 0. The number of hydrogen-bond donors (Lipinski definition) is 4. The predicted octanol–water partition coefficient (Wildman–Crippen LogP) is 2.46. The van der Waals surface area contributed by atoms with Crippen LogP contribution in [0.1, 0.15) is 19.4 Å². The lowest BCUT2D eigenvalue weighted by atomic mass is 10.0. The van der Waals surface area contributed by atoms with Crippen molar-refractivity contribution >= 4 is 46.7 Å². The number of hydrogen-bond acceptors (Lipinski definition) is 5. The number of nitrogens with zero attached hydrogens (tertiary/aromatic N) is 4. The van der Waals surface area contributed by atoms with Crippen LogP contribution in [0.15, 0.2) is 53.8 Å². The van der Waals surface area contributed by atoms with Gasteiger partial charge in [0.1, 0.15) is 11.4 Å². The molecule has 0 fully saturated rings. The van der Waals surface area contributed by atoms with Crippen LogP contribution in [-0.2, 0) is 12.6 Å². The molecule has 0 radical (unpaired) electrons. The highest BCUT2D eigenvalue weighted by atomic mass is 127. The van der Waals surface area contributed by atoms with E-state index in [1.54, 1.807) is 24.0 Å². The minimum absolute atomic E-state index is 0. The number of nitrogens with one attached hydrogen (secondary N) is 3. The summed E-state index contributed by atoms with van der Waals surface area (Å²) < 4.78 is 1.67. The van der Waals surface area contributed by atoms with Gasteiger partial charge in [-0.05, 0) is 32.0 Å². The number of fused-ring (bicyclic) bond motifs is 1. The second kappa shape index (κ2) is 11.1.